The van der Waals surface area contributed by atoms with E-state index in [9.17, 15) is 4.79 Å². The highest BCUT2D eigenvalue weighted by molar-refractivity contribution is 6.30. The van der Waals surface area contributed by atoms with Gasteiger partial charge in [0.05, 0.1) is 0 Å². The summed E-state index contributed by atoms with van der Waals surface area (Å²) in [6.07, 6.45) is 12.6. The Kier molecular flexibility index (Phi) is 8.59. The summed E-state index contributed by atoms with van der Waals surface area (Å²) in [6, 6.07) is 20.0. The maximum atomic E-state index is 14.4. The van der Waals surface area contributed by atoms with Gasteiger partial charge in [0.2, 0.25) is 0 Å². The van der Waals surface area contributed by atoms with Gasteiger partial charge in [-0.15, -0.1) is 0 Å². The predicted molar refractivity (Wildman–Crippen MR) is 175 cm³/mol. The molecule has 0 N–H and O–H groups in total. The van der Waals surface area contributed by atoms with Crippen LogP contribution in [0.5, 0.6) is 0 Å². The van der Waals surface area contributed by atoms with E-state index in [-0.39, 0.29) is 5.91 Å². The standard InChI is InChI=1S/C36H35ClN4O2/c1-3-4-5-7-27(20-26-8-6-15-38-24-26)25-41-33-14-13-32(40-18-16-39(2)17-19-40)22-29(33)21-30-23-34(43-35(30)36(41)42)28-9-11-31(37)12-10-28/h3-15,22-24H,1,16-21,25H2,2H3/b5-4-,27-7+. The minimum atomic E-state index is -0.147. The maximum Gasteiger partial charge on any atom is 0.294 e. The molecular weight excluding hydrogens is 556 g/mol. The van der Waals surface area contributed by atoms with Gasteiger partial charge in [0.25, 0.3) is 5.91 Å². The van der Waals surface area contributed by atoms with Crippen molar-refractivity contribution in [2.75, 3.05) is 49.6 Å². The molecule has 0 radical (unpaired) electrons. The SMILES string of the molecule is C=C/C=C\C=C(/Cc1cccnc1)CN1C(=O)c2oc(-c3ccc(Cl)cc3)cc2Cc2cc(N3CCN(C)CC3)ccc21. The van der Waals surface area contributed by atoms with Gasteiger partial charge >= 0.3 is 0 Å². The van der Waals surface area contributed by atoms with Crippen molar-refractivity contribution in [2.24, 2.45) is 0 Å². The minimum Gasteiger partial charge on any atom is -0.451 e. The van der Waals surface area contributed by atoms with Crippen molar-refractivity contribution in [1.82, 2.24) is 9.88 Å². The van der Waals surface area contributed by atoms with Crippen molar-refractivity contribution in [3.63, 3.8) is 0 Å². The number of likely N-dealkylation sites (N-methyl/N-ethyl adjacent to an activating group) is 1. The van der Waals surface area contributed by atoms with Crippen molar-refractivity contribution in [3.05, 3.63) is 137 Å². The largest absolute Gasteiger partial charge is 0.451 e. The summed E-state index contributed by atoms with van der Waals surface area (Å²) >= 11 is 6.14. The minimum absolute atomic E-state index is 0.147. The average Bonchev–Trinajstić information content (AvgIpc) is 3.40. The van der Waals surface area contributed by atoms with E-state index in [4.69, 9.17) is 16.0 Å². The number of halogens is 1. The van der Waals surface area contributed by atoms with Crippen molar-refractivity contribution in [1.29, 1.82) is 0 Å². The van der Waals surface area contributed by atoms with Crippen molar-refractivity contribution in [3.8, 4) is 11.3 Å². The molecule has 1 fully saturated rings. The Hall–Kier alpha value is -4.39. The van der Waals surface area contributed by atoms with Gasteiger partial charge in [-0.1, -0.05) is 48.6 Å². The van der Waals surface area contributed by atoms with Gasteiger partial charge in [0.15, 0.2) is 5.76 Å². The van der Waals surface area contributed by atoms with Crippen LogP contribution in [0, 0.1) is 0 Å². The van der Waals surface area contributed by atoms with Gasteiger partial charge in [-0.3, -0.25) is 9.78 Å². The van der Waals surface area contributed by atoms with Gasteiger partial charge in [-0.2, -0.15) is 0 Å². The number of carbonyl (C=O) groups is 1. The van der Waals surface area contributed by atoms with Gasteiger partial charge in [0.1, 0.15) is 5.76 Å². The number of rotatable bonds is 8. The fraction of sp³-hybridized carbons (Fsp3) is 0.222. The molecule has 2 aliphatic rings. The van der Waals surface area contributed by atoms with Crippen LogP contribution < -0.4 is 9.80 Å². The molecule has 0 saturated carbocycles. The van der Waals surface area contributed by atoms with E-state index in [1.807, 2.05) is 59.6 Å². The second-order valence-corrected chi connectivity index (χ2v) is 11.6. The first-order valence-electron chi connectivity index (χ1n) is 14.6. The number of carbonyl (C=O) groups excluding carboxylic acids is 1. The molecule has 0 unspecified atom stereocenters. The van der Waals surface area contributed by atoms with E-state index in [2.05, 4.69) is 58.8 Å². The first-order chi connectivity index (χ1) is 21.0. The quantitative estimate of drug-likeness (QED) is 0.203. The first kappa shape index (κ1) is 28.7. The third kappa shape index (κ3) is 6.51. The van der Waals surface area contributed by atoms with Gasteiger partial charge < -0.3 is 19.1 Å². The van der Waals surface area contributed by atoms with E-state index < -0.39 is 0 Å². The molecule has 43 heavy (non-hydrogen) atoms. The summed E-state index contributed by atoms with van der Waals surface area (Å²) in [5.41, 5.74) is 7.12. The molecule has 1 saturated heterocycles. The van der Waals surface area contributed by atoms with E-state index in [0.29, 0.717) is 35.9 Å². The molecule has 218 valence electrons. The van der Waals surface area contributed by atoms with E-state index in [1.54, 1.807) is 12.3 Å². The first-order valence-corrected chi connectivity index (χ1v) is 15.0. The molecule has 4 aromatic rings. The molecule has 0 atom stereocenters. The van der Waals surface area contributed by atoms with E-state index >= 15 is 0 Å². The zero-order chi connectivity index (χ0) is 29.8. The Morgan fingerprint density at radius 2 is 1.84 bits per heavy atom. The van der Waals surface area contributed by atoms with Crippen LogP contribution in [0.4, 0.5) is 11.4 Å². The molecule has 6 nitrogen and oxygen atoms in total. The highest BCUT2D eigenvalue weighted by Gasteiger charge is 2.32. The summed E-state index contributed by atoms with van der Waals surface area (Å²) in [7, 11) is 2.16. The van der Waals surface area contributed by atoms with Crippen LogP contribution in [0.25, 0.3) is 11.3 Å². The lowest BCUT2D eigenvalue weighted by atomic mass is 10.0. The van der Waals surface area contributed by atoms with E-state index in [0.717, 1.165) is 59.7 Å². The van der Waals surface area contributed by atoms with Gasteiger partial charge in [-0.25, -0.2) is 0 Å². The predicted octanol–water partition coefficient (Wildman–Crippen LogP) is 7.21. The van der Waals surface area contributed by atoms with Crippen LogP contribution in [0.1, 0.15) is 27.2 Å². The fourth-order valence-electron chi connectivity index (χ4n) is 5.74. The number of amides is 1. The molecular formula is C36H35ClN4O2. The average molecular weight is 591 g/mol. The molecule has 2 aliphatic heterocycles. The Balaban J connectivity index is 1.41. The van der Waals surface area contributed by atoms with Crippen LogP contribution in [0.2, 0.25) is 5.02 Å². The van der Waals surface area contributed by atoms with Crippen LogP contribution in [0.3, 0.4) is 0 Å². The summed E-state index contributed by atoms with van der Waals surface area (Å²) in [6.45, 7) is 8.22. The van der Waals surface area contributed by atoms with Crippen molar-refractivity contribution < 1.29 is 9.21 Å². The number of pyridine rings is 1. The molecule has 1 amide bonds. The summed E-state index contributed by atoms with van der Waals surface area (Å²) in [4.78, 5) is 25.3. The molecule has 6 rings (SSSR count). The molecule has 0 bridgehead atoms. The van der Waals surface area contributed by atoms with Crippen LogP contribution in [-0.4, -0.2) is 55.6 Å². The summed E-state index contributed by atoms with van der Waals surface area (Å²) < 4.78 is 6.34. The number of hydrogen-bond donors (Lipinski definition) is 0. The number of fused-ring (bicyclic) bond motifs is 2. The molecule has 2 aromatic heterocycles. The number of hydrogen-bond acceptors (Lipinski definition) is 5. The highest BCUT2D eigenvalue weighted by Crippen LogP contribution is 2.37. The van der Waals surface area contributed by atoms with E-state index in [1.165, 1.54) is 5.69 Å². The fourth-order valence-corrected chi connectivity index (χ4v) is 5.86. The number of nitrogens with zero attached hydrogens (tertiary/aromatic N) is 4. The van der Waals surface area contributed by atoms with Crippen LogP contribution >= 0.6 is 11.6 Å². The Labute approximate surface area is 258 Å². The van der Waals surface area contributed by atoms with Crippen molar-refractivity contribution >= 4 is 28.9 Å². The summed E-state index contributed by atoms with van der Waals surface area (Å²) in [5.74, 6) is 0.893. The monoisotopic (exact) mass is 590 g/mol. The zero-order valence-corrected chi connectivity index (χ0v) is 25.1. The smallest absolute Gasteiger partial charge is 0.294 e. The second kappa shape index (κ2) is 12.9. The maximum absolute atomic E-state index is 14.4. The van der Waals surface area contributed by atoms with Crippen molar-refractivity contribution in [2.45, 2.75) is 12.8 Å². The van der Waals surface area contributed by atoms with Gasteiger partial charge in [-0.05, 0) is 84.8 Å². The topological polar surface area (TPSA) is 52.8 Å². The number of piperazine rings is 1. The normalized spacial score (nSPS) is 15.9. The van der Waals surface area contributed by atoms with Gasteiger partial charge in [0, 0.05) is 79.1 Å². The molecule has 2 aromatic carbocycles. The Bertz CT molecular complexity index is 1670. The molecule has 0 aliphatic carbocycles. The Morgan fingerprint density at radius 1 is 1.02 bits per heavy atom. The lowest BCUT2D eigenvalue weighted by molar-refractivity contribution is 0.0963. The third-order valence-corrected chi connectivity index (χ3v) is 8.33. The molecule has 7 heteroatoms. The molecule has 0 spiro atoms. The number of aromatic nitrogens is 1. The van der Waals surface area contributed by atoms with Crippen LogP contribution in [-0.2, 0) is 12.8 Å². The lowest BCUT2D eigenvalue weighted by Crippen LogP contribution is -2.44. The Morgan fingerprint density at radius 3 is 2.58 bits per heavy atom. The number of furan rings is 1. The lowest BCUT2D eigenvalue weighted by Gasteiger charge is -2.34. The molecule has 4 heterocycles. The number of benzene rings is 2. The number of allylic oxidation sites excluding steroid dienone is 4. The number of anilines is 2. The third-order valence-electron chi connectivity index (χ3n) is 8.07. The highest BCUT2D eigenvalue weighted by atomic mass is 35.5. The summed E-state index contributed by atoms with van der Waals surface area (Å²) in [5, 5.41) is 0.655. The second-order valence-electron chi connectivity index (χ2n) is 11.1. The van der Waals surface area contributed by atoms with Crippen LogP contribution in [0.15, 0.2) is 114 Å². The zero-order valence-electron chi connectivity index (χ0n) is 24.4.